The van der Waals surface area contributed by atoms with Crippen LogP contribution in [0.5, 0.6) is 0 Å². The first-order valence-electron chi connectivity index (χ1n) is 8.92. The monoisotopic (exact) mass is 330 g/mol. The van der Waals surface area contributed by atoms with Crippen molar-refractivity contribution in [3.05, 3.63) is 35.4 Å². The minimum atomic E-state index is -0.717. The lowest BCUT2D eigenvalue weighted by Gasteiger charge is -2.33. The van der Waals surface area contributed by atoms with E-state index < -0.39 is 5.97 Å². The van der Waals surface area contributed by atoms with Gasteiger partial charge in [0.05, 0.1) is 12.0 Å². The van der Waals surface area contributed by atoms with Gasteiger partial charge in [0, 0.05) is 6.04 Å². The molecule has 5 heteroatoms. The van der Waals surface area contributed by atoms with Gasteiger partial charge in [0.15, 0.2) is 0 Å². The predicted octanol–water partition coefficient (Wildman–Crippen LogP) is 3.25. The Morgan fingerprint density at radius 1 is 1.04 bits per heavy atom. The molecule has 3 rings (SSSR count). The van der Waals surface area contributed by atoms with Crippen LogP contribution >= 0.6 is 0 Å². The van der Waals surface area contributed by atoms with Crippen LogP contribution in [0.25, 0.3) is 0 Å². The highest BCUT2D eigenvalue weighted by atomic mass is 16.4. The lowest BCUT2D eigenvalue weighted by molar-refractivity contribution is -0.142. The van der Waals surface area contributed by atoms with Gasteiger partial charge in [0.1, 0.15) is 0 Å². The first-order valence-corrected chi connectivity index (χ1v) is 8.92. The number of hydrogen-bond acceptors (Lipinski definition) is 2. The van der Waals surface area contributed by atoms with Crippen LogP contribution in [0.15, 0.2) is 24.3 Å². The zero-order valence-electron chi connectivity index (χ0n) is 14.1. The molecule has 1 aromatic rings. The van der Waals surface area contributed by atoms with Crippen molar-refractivity contribution in [1.82, 2.24) is 10.6 Å². The highest BCUT2D eigenvalue weighted by Crippen LogP contribution is 2.34. The standard InChI is InChI=1S/C19H26N2O3/c1-12-6-7-13-4-2-3-5-16(13)17(12)21-19(24)20-15-10-8-14(9-11-15)18(22)23/h2-5,12,14-15,17H,6-11H2,1H3,(H,22,23)(H2,20,21,24). The van der Waals surface area contributed by atoms with Gasteiger partial charge in [0.25, 0.3) is 0 Å². The van der Waals surface area contributed by atoms with Crippen LogP contribution in [0.2, 0.25) is 0 Å². The summed E-state index contributed by atoms with van der Waals surface area (Å²) in [7, 11) is 0. The first kappa shape index (κ1) is 16.8. The van der Waals surface area contributed by atoms with E-state index in [1.807, 2.05) is 12.1 Å². The molecule has 2 amide bonds. The molecule has 0 saturated heterocycles. The Labute approximate surface area is 142 Å². The molecule has 5 nitrogen and oxygen atoms in total. The molecule has 0 aliphatic heterocycles. The summed E-state index contributed by atoms with van der Waals surface area (Å²) in [5, 5.41) is 15.2. The van der Waals surface area contributed by atoms with E-state index in [9.17, 15) is 9.59 Å². The lowest BCUT2D eigenvalue weighted by Crippen LogP contribution is -2.47. The van der Waals surface area contributed by atoms with E-state index in [0.717, 1.165) is 25.7 Å². The van der Waals surface area contributed by atoms with Crippen LogP contribution in [0.1, 0.15) is 56.2 Å². The summed E-state index contributed by atoms with van der Waals surface area (Å²) in [4.78, 5) is 23.4. The molecule has 2 atom stereocenters. The van der Waals surface area contributed by atoms with Crippen LogP contribution in [0.4, 0.5) is 4.79 Å². The average molecular weight is 330 g/mol. The Hall–Kier alpha value is -2.04. The maximum Gasteiger partial charge on any atom is 0.315 e. The number of urea groups is 1. The van der Waals surface area contributed by atoms with Crippen LogP contribution < -0.4 is 10.6 Å². The maximum absolute atomic E-state index is 12.4. The molecule has 1 saturated carbocycles. The van der Waals surface area contributed by atoms with Gasteiger partial charge in [-0.05, 0) is 55.6 Å². The van der Waals surface area contributed by atoms with Gasteiger partial charge >= 0.3 is 12.0 Å². The number of fused-ring (bicyclic) bond motifs is 1. The van der Waals surface area contributed by atoms with Crippen LogP contribution in [0, 0.1) is 11.8 Å². The normalized spacial score (nSPS) is 29.4. The SMILES string of the molecule is CC1CCc2ccccc2C1NC(=O)NC1CCC(C(=O)O)CC1. The molecule has 0 heterocycles. The first-order chi connectivity index (χ1) is 11.5. The Bertz CT molecular complexity index is 608. The predicted molar refractivity (Wildman–Crippen MR) is 91.7 cm³/mol. The maximum atomic E-state index is 12.4. The van der Waals surface area contributed by atoms with Crippen LogP contribution in [-0.4, -0.2) is 23.1 Å². The van der Waals surface area contributed by atoms with Gasteiger partial charge in [-0.1, -0.05) is 31.2 Å². The fourth-order valence-electron chi connectivity index (χ4n) is 3.99. The molecule has 2 unspecified atom stereocenters. The number of carbonyl (C=O) groups is 2. The Morgan fingerprint density at radius 2 is 1.75 bits per heavy atom. The number of rotatable bonds is 3. The van der Waals surface area contributed by atoms with Crippen molar-refractivity contribution in [1.29, 1.82) is 0 Å². The summed E-state index contributed by atoms with van der Waals surface area (Å²) in [6.07, 6.45) is 4.90. The summed E-state index contributed by atoms with van der Waals surface area (Å²) >= 11 is 0. The molecule has 0 radical (unpaired) electrons. The number of benzene rings is 1. The number of amides is 2. The fraction of sp³-hybridized carbons (Fsp3) is 0.579. The summed E-state index contributed by atoms with van der Waals surface area (Å²) in [6.45, 7) is 2.18. The van der Waals surface area contributed by atoms with Crippen molar-refractivity contribution >= 4 is 12.0 Å². The van der Waals surface area contributed by atoms with Crippen LogP contribution in [0.3, 0.4) is 0 Å². The van der Waals surface area contributed by atoms with Gasteiger partial charge < -0.3 is 15.7 Å². The van der Waals surface area contributed by atoms with Crippen molar-refractivity contribution in [2.24, 2.45) is 11.8 Å². The third-order valence-electron chi connectivity index (χ3n) is 5.53. The number of aryl methyl sites for hydroxylation is 1. The Kier molecular flexibility index (Phi) is 5.07. The van der Waals surface area contributed by atoms with Gasteiger partial charge in [-0.15, -0.1) is 0 Å². The summed E-state index contributed by atoms with van der Waals surface area (Å²) in [5.74, 6) is -0.560. The summed E-state index contributed by atoms with van der Waals surface area (Å²) in [6, 6.07) is 8.31. The largest absolute Gasteiger partial charge is 0.481 e. The molecule has 24 heavy (non-hydrogen) atoms. The Balaban J connectivity index is 1.57. The highest BCUT2D eigenvalue weighted by molar-refractivity contribution is 5.75. The quantitative estimate of drug-likeness (QED) is 0.796. The number of carbonyl (C=O) groups excluding carboxylic acids is 1. The van der Waals surface area contributed by atoms with Gasteiger partial charge in [0.2, 0.25) is 0 Å². The molecule has 0 spiro atoms. The van der Waals surface area contributed by atoms with Gasteiger partial charge in [-0.3, -0.25) is 4.79 Å². The van der Waals surface area contributed by atoms with Crippen molar-refractivity contribution in [3.8, 4) is 0 Å². The van der Waals surface area contributed by atoms with Crippen molar-refractivity contribution in [3.63, 3.8) is 0 Å². The molecular weight excluding hydrogens is 304 g/mol. The second-order valence-corrected chi connectivity index (χ2v) is 7.20. The molecular formula is C19H26N2O3. The van der Waals surface area contributed by atoms with E-state index in [4.69, 9.17) is 5.11 Å². The second-order valence-electron chi connectivity index (χ2n) is 7.20. The zero-order valence-corrected chi connectivity index (χ0v) is 14.1. The van der Waals surface area contributed by atoms with E-state index in [2.05, 4.69) is 29.7 Å². The molecule has 2 aliphatic carbocycles. The van der Waals surface area contributed by atoms with E-state index >= 15 is 0 Å². The van der Waals surface area contributed by atoms with E-state index in [1.165, 1.54) is 11.1 Å². The van der Waals surface area contributed by atoms with Crippen LogP contribution in [-0.2, 0) is 11.2 Å². The molecule has 3 N–H and O–H groups in total. The third-order valence-corrected chi connectivity index (χ3v) is 5.53. The minimum absolute atomic E-state index is 0.0466. The van der Waals surface area contributed by atoms with Gasteiger partial charge in [-0.25, -0.2) is 4.79 Å². The molecule has 130 valence electrons. The topological polar surface area (TPSA) is 78.4 Å². The van der Waals surface area contributed by atoms with E-state index in [0.29, 0.717) is 18.8 Å². The molecule has 0 aromatic heterocycles. The second kappa shape index (κ2) is 7.24. The highest BCUT2D eigenvalue weighted by Gasteiger charge is 2.30. The van der Waals surface area contributed by atoms with Crippen molar-refractivity contribution in [2.75, 3.05) is 0 Å². The smallest absolute Gasteiger partial charge is 0.315 e. The summed E-state index contributed by atoms with van der Waals surface area (Å²) < 4.78 is 0. The average Bonchev–Trinajstić information content (AvgIpc) is 2.58. The van der Waals surface area contributed by atoms with Gasteiger partial charge in [-0.2, -0.15) is 0 Å². The number of carboxylic acids is 1. The minimum Gasteiger partial charge on any atom is -0.481 e. The van der Waals surface area contributed by atoms with E-state index in [1.54, 1.807) is 0 Å². The van der Waals surface area contributed by atoms with Crippen molar-refractivity contribution in [2.45, 2.75) is 57.5 Å². The molecule has 1 aromatic carbocycles. The number of hydrogen-bond donors (Lipinski definition) is 3. The number of carboxylic acid groups (broad SMARTS) is 1. The third kappa shape index (κ3) is 3.71. The number of aliphatic carboxylic acids is 1. The zero-order chi connectivity index (χ0) is 17.1. The number of nitrogens with one attached hydrogen (secondary N) is 2. The Morgan fingerprint density at radius 3 is 2.46 bits per heavy atom. The fourth-order valence-corrected chi connectivity index (χ4v) is 3.99. The molecule has 2 aliphatic rings. The van der Waals surface area contributed by atoms with Crippen molar-refractivity contribution < 1.29 is 14.7 Å². The molecule has 1 fully saturated rings. The van der Waals surface area contributed by atoms with E-state index in [-0.39, 0.29) is 24.0 Å². The molecule has 0 bridgehead atoms. The lowest BCUT2D eigenvalue weighted by atomic mass is 9.81. The summed E-state index contributed by atoms with van der Waals surface area (Å²) in [5.41, 5.74) is 2.55.